The van der Waals surface area contributed by atoms with Gasteiger partial charge in [-0.25, -0.2) is 0 Å². The predicted molar refractivity (Wildman–Crippen MR) is 59.4 cm³/mol. The molecule has 0 aromatic heterocycles. The van der Waals surface area contributed by atoms with Crippen LogP contribution in [0.1, 0.15) is 30.6 Å². The first-order valence-corrected chi connectivity index (χ1v) is 4.77. The molecular formula is C13H16O. The molecule has 0 bridgehead atoms. The van der Waals surface area contributed by atoms with Gasteiger partial charge >= 0.3 is 0 Å². The third kappa shape index (κ3) is 2.84. The molecule has 0 heterocycles. The fourth-order valence-electron chi connectivity index (χ4n) is 1.21. The van der Waals surface area contributed by atoms with Gasteiger partial charge in [-0.05, 0) is 5.41 Å². The summed E-state index contributed by atoms with van der Waals surface area (Å²) in [5.41, 5.74) is 0.662. The van der Waals surface area contributed by atoms with E-state index in [-0.39, 0.29) is 11.2 Å². The SMILES string of the molecule is C=CC(C)(C)CC(=O)c1ccccc1. The molecule has 0 aliphatic carbocycles. The van der Waals surface area contributed by atoms with Crippen molar-refractivity contribution in [3.05, 3.63) is 48.6 Å². The van der Waals surface area contributed by atoms with Crippen LogP contribution in [0.3, 0.4) is 0 Å². The molecule has 14 heavy (non-hydrogen) atoms. The highest BCUT2D eigenvalue weighted by Crippen LogP contribution is 2.23. The summed E-state index contributed by atoms with van der Waals surface area (Å²) in [6.45, 7) is 7.76. The van der Waals surface area contributed by atoms with Gasteiger partial charge in [0.05, 0.1) is 0 Å². The molecule has 1 aromatic rings. The van der Waals surface area contributed by atoms with Crippen molar-refractivity contribution < 1.29 is 4.79 Å². The minimum atomic E-state index is -0.118. The molecule has 0 fully saturated rings. The van der Waals surface area contributed by atoms with Crippen LogP contribution >= 0.6 is 0 Å². The standard InChI is InChI=1S/C13H16O/c1-4-13(2,3)10-12(14)11-8-6-5-7-9-11/h4-9H,1,10H2,2-3H3. The molecule has 0 aliphatic heterocycles. The van der Waals surface area contributed by atoms with Gasteiger partial charge < -0.3 is 0 Å². The second-order valence-electron chi connectivity index (χ2n) is 4.16. The lowest BCUT2D eigenvalue weighted by Gasteiger charge is -2.18. The fraction of sp³-hybridized carbons (Fsp3) is 0.308. The van der Waals surface area contributed by atoms with E-state index in [1.165, 1.54) is 0 Å². The van der Waals surface area contributed by atoms with Crippen LogP contribution in [0.2, 0.25) is 0 Å². The van der Waals surface area contributed by atoms with Gasteiger partial charge in [-0.15, -0.1) is 6.58 Å². The molecule has 0 atom stereocenters. The van der Waals surface area contributed by atoms with Crippen LogP contribution in [-0.4, -0.2) is 5.78 Å². The molecule has 0 saturated carbocycles. The lowest BCUT2D eigenvalue weighted by atomic mass is 9.86. The van der Waals surface area contributed by atoms with Crippen LogP contribution in [0.4, 0.5) is 0 Å². The zero-order chi connectivity index (χ0) is 10.6. The van der Waals surface area contributed by atoms with Crippen molar-refractivity contribution in [3.8, 4) is 0 Å². The van der Waals surface area contributed by atoms with Crippen LogP contribution in [0, 0.1) is 5.41 Å². The maximum absolute atomic E-state index is 11.8. The molecule has 0 unspecified atom stereocenters. The Bertz CT molecular complexity index is 322. The quantitative estimate of drug-likeness (QED) is 0.522. The van der Waals surface area contributed by atoms with Gasteiger partial charge in [0.1, 0.15) is 0 Å². The Morgan fingerprint density at radius 2 is 1.93 bits per heavy atom. The maximum Gasteiger partial charge on any atom is 0.163 e. The van der Waals surface area contributed by atoms with Crippen LogP contribution in [0.15, 0.2) is 43.0 Å². The van der Waals surface area contributed by atoms with Gasteiger partial charge in [0, 0.05) is 12.0 Å². The van der Waals surface area contributed by atoms with Crippen molar-refractivity contribution in [2.75, 3.05) is 0 Å². The number of hydrogen-bond acceptors (Lipinski definition) is 1. The molecule has 1 nitrogen and oxygen atoms in total. The highest BCUT2D eigenvalue weighted by molar-refractivity contribution is 5.96. The average Bonchev–Trinajstić information content (AvgIpc) is 2.19. The zero-order valence-corrected chi connectivity index (χ0v) is 8.79. The van der Waals surface area contributed by atoms with Crippen molar-refractivity contribution >= 4 is 5.78 Å². The number of rotatable bonds is 4. The third-order valence-corrected chi connectivity index (χ3v) is 2.26. The van der Waals surface area contributed by atoms with E-state index >= 15 is 0 Å². The van der Waals surface area contributed by atoms with Crippen molar-refractivity contribution in [2.24, 2.45) is 5.41 Å². The summed E-state index contributed by atoms with van der Waals surface area (Å²) in [5, 5.41) is 0. The molecule has 0 aliphatic rings. The van der Waals surface area contributed by atoms with Crippen LogP contribution in [0.5, 0.6) is 0 Å². The fourth-order valence-corrected chi connectivity index (χ4v) is 1.21. The van der Waals surface area contributed by atoms with E-state index in [1.54, 1.807) is 0 Å². The van der Waals surface area contributed by atoms with Crippen LogP contribution < -0.4 is 0 Å². The lowest BCUT2D eigenvalue weighted by Crippen LogP contribution is -2.14. The van der Waals surface area contributed by atoms with Crippen molar-refractivity contribution in [1.29, 1.82) is 0 Å². The molecule has 1 heteroatoms. The second kappa shape index (κ2) is 4.23. The third-order valence-electron chi connectivity index (χ3n) is 2.26. The summed E-state index contributed by atoms with van der Waals surface area (Å²) in [6.07, 6.45) is 2.34. The molecule has 0 radical (unpaired) electrons. The van der Waals surface area contributed by atoms with E-state index in [0.29, 0.717) is 6.42 Å². The van der Waals surface area contributed by atoms with Gasteiger partial charge in [0.25, 0.3) is 0 Å². The molecule has 0 spiro atoms. The zero-order valence-electron chi connectivity index (χ0n) is 8.79. The monoisotopic (exact) mass is 188 g/mol. The van der Waals surface area contributed by atoms with E-state index in [4.69, 9.17) is 0 Å². The van der Waals surface area contributed by atoms with E-state index in [9.17, 15) is 4.79 Å². The molecule has 1 rings (SSSR count). The van der Waals surface area contributed by atoms with Gasteiger partial charge in [-0.1, -0.05) is 50.3 Å². The number of ketones is 1. The van der Waals surface area contributed by atoms with E-state index in [0.717, 1.165) is 5.56 Å². The molecule has 1 aromatic carbocycles. The number of benzene rings is 1. The predicted octanol–water partition coefficient (Wildman–Crippen LogP) is 3.47. The highest BCUT2D eigenvalue weighted by Gasteiger charge is 2.18. The smallest absolute Gasteiger partial charge is 0.163 e. The molecule has 0 N–H and O–H groups in total. The summed E-state index contributed by atoms with van der Waals surface area (Å²) >= 11 is 0. The summed E-state index contributed by atoms with van der Waals surface area (Å²) in [4.78, 5) is 11.8. The highest BCUT2D eigenvalue weighted by atomic mass is 16.1. The number of hydrogen-bond donors (Lipinski definition) is 0. The Morgan fingerprint density at radius 3 is 2.43 bits per heavy atom. The molecule has 0 saturated heterocycles. The van der Waals surface area contributed by atoms with Gasteiger partial charge in [-0.3, -0.25) is 4.79 Å². The topological polar surface area (TPSA) is 17.1 Å². The van der Waals surface area contributed by atoms with Gasteiger partial charge in [0.2, 0.25) is 0 Å². The number of carbonyl (C=O) groups excluding carboxylic acids is 1. The lowest BCUT2D eigenvalue weighted by molar-refractivity contribution is 0.0950. The van der Waals surface area contributed by atoms with Crippen LogP contribution in [0.25, 0.3) is 0 Å². The summed E-state index contributed by atoms with van der Waals surface area (Å²) in [6, 6.07) is 9.38. The van der Waals surface area contributed by atoms with Gasteiger partial charge in [0.15, 0.2) is 5.78 Å². The largest absolute Gasteiger partial charge is 0.294 e. The van der Waals surface area contributed by atoms with Crippen molar-refractivity contribution in [1.82, 2.24) is 0 Å². The molecule has 0 amide bonds. The summed E-state index contributed by atoms with van der Waals surface area (Å²) in [7, 11) is 0. The second-order valence-corrected chi connectivity index (χ2v) is 4.16. The first-order valence-electron chi connectivity index (χ1n) is 4.77. The summed E-state index contributed by atoms with van der Waals surface area (Å²) in [5.74, 6) is 0.176. The Balaban J connectivity index is 2.74. The minimum absolute atomic E-state index is 0.118. The Kier molecular flexibility index (Phi) is 3.23. The van der Waals surface area contributed by atoms with E-state index in [2.05, 4.69) is 6.58 Å². The molecule has 74 valence electrons. The van der Waals surface area contributed by atoms with Crippen LogP contribution in [-0.2, 0) is 0 Å². The van der Waals surface area contributed by atoms with Crippen molar-refractivity contribution in [2.45, 2.75) is 20.3 Å². The Hall–Kier alpha value is -1.37. The van der Waals surface area contributed by atoms with Crippen molar-refractivity contribution in [3.63, 3.8) is 0 Å². The van der Waals surface area contributed by atoms with E-state index < -0.39 is 0 Å². The number of Topliss-reactive ketones (excluding diaryl/α,β-unsaturated/α-hetero) is 1. The minimum Gasteiger partial charge on any atom is -0.294 e. The first-order chi connectivity index (χ1) is 6.55. The van der Waals surface area contributed by atoms with E-state index in [1.807, 2.05) is 50.3 Å². The normalized spacial score (nSPS) is 11.0. The number of allylic oxidation sites excluding steroid dienone is 1. The van der Waals surface area contributed by atoms with Gasteiger partial charge in [-0.2, -0.15) is 0 Å². The Labute approximate surface area is 85.5 Å². The molecular weight excluding hydrogens is 172 g/mol. The number of carbonyl (C=O) groups is 1. The maximum atomic E-state index is 11.8. The first kappa shape index (κ1) is 10.7. The average molecular weight is 188 g/mol. The summed E-state index contributed by atoms with van der Waals surface area (Å²) < 4.78 is 0. The Morgan fingerprint density at radius 1 is 1.36 bits per heavy atom.